The van der Waals surface area contributed by atoms with Gasteiger partial charge in [-0.05, 0) is 24.7 Å². The van der Waals surface area contributed by atoms with Crippen LogP contribution in [-0.2, 0) is 0 Å². The van der Waals surface area contributed by atoms with E-state index in [1.807, 2.05) is 0 Å². The van der Waals surface area contributed by atoms with Crippen LogP contribution >= 0.6 is 0 Å². The summed E-state index contributed by atoms with van der Waals surface area (Å²) in [5, 5.41) is 0. The van der Waals surface area contributed by atoms with Gasteiger partial charge in [-0.3, -0.25) is 0 Å². The number of nitrogens with zero attached hydrogens (tertiary/aromatic N) is 3. The molecule has 88 valence electrons. The first-order valence-corrected chi connectivity index (χ1v) is 5.89. The van der Waals surface area contributed by atoms with Crippen LogP contribution in [0.2, 0.25) is 0 Å². The van der Waals surface area contributed by atoms with Crippen molar-refractivity contribution in [3.8, 4) is 0 Å². The minimum Gasteiger partial charge on any atom is -0.341 e. The van der Waals surface area contributed by atoms with E-state index in [4.69, 9.17) is 0 Å². The first-order chi connectivity index (χ1) is 7.66. The van der Waals surface area contributed by atoms with Crippen molar-refractivity contribution in [1.29, 1.82) is 0 Å². The van der Waals surface area contributed by atoms with Crippen molar-refractivity contribution in [2.24, 2.45) is 11.8 Å². The summed E-state index contributed by atoms with van der Waals surface area (Å²) in [5.74, 6) is 1.83. The van der Waals surface area contributed by atoms with E-state index in [2.05, 4.69) is 28.7 Å². The minimum absolute atomic E-state index is 0.374. The van der Waals surface area contributed by atoms with Gasteiger partial charge < -0.3 is 4.90 Å². The Balaban J connectivity index is 1.96. The van der Waals surface area contributed by atoms with E-state index in [9.17, 15) is 4.39 Å². The highest BCUT2D eigenvalue weighted by Crippen LogP contribution is 2.25. The second kappa shape index (κ2) is 4.76. The van der Waals surface area contributed by atoms with Crippen LogP contribution in [-0.4, -0.2) is 23.1 Å². The average Bonchev–Trinajstić information content (AvgIpc) is 2.30. The Labute approximate surface area is 95.7 Å². The number of piperidine rings is 1. The third-order valence-corrected chi connectivity index (χ3v) is 3.37. The highest BCUT2D eigenvalue weighted by molar-refractivity contribution is 5.29. The number of anilines is 1. The third kappa shape index (κ3) is 2.49. The summed E-state index contributed by atoms with van der Waals surface area (Å²) < 4.78 is 12.7. The molecule has 3 nitrogen and oxygen atoms in total. The van der Waals surface area contributed by atoms with Crippen LogP contribution in [0.5, 0.6) is 0 Å². The molecule has 2 rings (SSSR count). The van der Waals surface area contributed by atoms with Gasteiger partial charge in [-0.25, -0.2) is 14.4 Å². The molecular weight excluding hydrogens is 205 g/mol. The van der Waals surface area contributed by atoms with Crippen molar-refractivity contribution in [2.45, 2.75) is 26.7 Å². The van der Waals surface area contributed by atoms with Crippen molar-refractivity contribution in [3.05, 3.63) is 18.2 Å². The van der Waals surface area contributed by atoms with Crippen LogP contribution in [0.1, 0.15) is 26.7 Å². The van der Waals surface area contributed by atoms with E-state index < -0.39 is 0 Å². The maximum absolute atomic E-state index is 12.7. The van der Waals surface area contributed by atoms with Crippen molar-refractivity contribution in [3.63, 3.8) is 0 Å². The molecule has 0 atom stereocenters. The van der Waals surface area contributed by atoms with Gasteiger partial charge >= 0.3 is 0 Å². The molecule has 4 heteroatoms. The number of aromatic nitrogens is 2. The molecule has 0 N–H and O–H groups in total. The fraction of sp³-hybridized carbons (Fsp3) is 0.667. The molecule has 1 aromatic heterocycles. The molecule has 1 aliphatic heterocycles. The van der Waals surface area contributed by atoms with Crippen LogP contribution in [0.4, 0.5) is 10.3 Å². The van der Waals surface area contributed by atoms with E-state index >= 15 is 0 Å². The van der Waals surface area contributed by atoms with Gasteiger partial charge in [0.2, 0.25) is 5.95 Å². The predicted molar refractivity (Wildman–Crippen MR) is 61.8 cm³/mol. The second-order valence-electron chi connectivity index (χ2n) is 4.77. The highest BCUT2D eigenvalue weighted by atomic mass is 19.1. The zero-order chi connectivity index (χ0) is 11.5. The monoisotopic (exact) mass is 223 g/mol. The van der Waals surface area contributed by atoms with Gasteiger partial charge in [0, 0.05) is 13.1 Å². The van der Waals surface area contributed by atoms with Gasteiger partial charge in [0.15, 0.2) is 5.82 Å². The van der Waals surface area contributed by atoms with Crippen LogP contribution in [0.25, 0.3) is 0 Å². The maximum atomic E-state index is 12.7. The first-order valence-electron chi connectivity index (χ1n) is 5.89. The van der Waals surface area contributed by atoms with Gasteiger partial charge in [0.25, 0.3) is 0 Å². The lowest BCUT2D eigenvalue weighted by molar-refractivity contribution is 0.310. The Morgan fingerprint density at radius 2 is 1.81 bits per heavy atom. The molecule has 0 saturated carbocycles. The Bertz CT molecular complexity index is 329. The molecule has 0 aromatic carbocycles. The zero-order valence-corrected chi connectivity index (χ0v) is 9.86. The molecule has 0 aliphatic carbocycles. The molecular formula is C12H18FN3. The van der Waals surface area contributed by atoms with E-state index in [0.29, 0.717) is 5.95 Å². The van der Waals surface area contributed by atoms with Gasteiger partial charge in [-0.15, -0.1) is 0 Å². The van der Waals surface area contributed by atoms with Crippen molar-refractivity contribution in [2.75, 3.05) is 18.0 Å². The Kier molecular flexibility index (Phi) is 3.36. The number of halogens is 1. The molecule has 0 spiro atoms. The van der Waals surface area contributed by atoms with Crippen molar-refractivity contribution in [1.82, 2.24) is 9.97 Å². The van der Waals surface area contributed by atoms with Gasteiger partial charge in [-0.2, -0.15) is 0 Å². The minimum atomic E-state index is -0.374. The van der Waals surface area contributed by atoms with E-state index in [1.165, 1.54) is 25.2 Å². The fourth-order valence-corrected chi connectivity index (χ4v) is 2.23. The smallest absolute Gasteiger partial charge is 0.225 e. The van der Waals surface area contributed by atoms with Gasteiger partial charge in [0.05, 0.1) is 12.4 Å². The molecule has 0 radical (unpaired) electrons. The number of rotatable bonds is 2. The summed E-state index contributed by atoms with van der Waals surface area (Å²) in [4.78, 5) is 10.2. The lowest BCUT2D eigenvalue weighted by Crippen LogP contribution is -2.36. The van der Waals surface area contributed by atoms with Gasteiger partial charge in [0.1, 0.15) is 0 Å². The van der Waals surface area contributed by atoms with Crippen LogP contribution in [0.15, 0.2) is 12.4 Å². The molecule has 0 amide bonds. The maximum Gasteiger partial charge on any atom is 0.225 e. The van der Waals surface area contributed by atoms with Gasteiger partial charge in [-0.1, -0.05) is 13.8 Å². The largest absolute Gasteiger partial charge is 0.341 e. The summed E-state index contributed by atoms with van der Waals surface area (Å²) in [6.07, 6.45) is 4.82. The first kappa shape index (κ1) is 11.3. The summed E-state index contributed by atoms with van der Waals surface area (Å²) >= 11 is 0. The molecule has 1 fully saturated rings. The SMILES string of the molecule is CC(C)C1CCN(c2ncc(F)cn2)CC1. The standard InChI is InChI=1S/C12H18FN3/c1-9(2)10-3-5-16(6-4-10)12-14-7-11(13)8-15-12/h7-10H,3-6H2,1-2H3. The number of hydrogen-bond donors (Lipinski definition) is 0. The molecule has 1 saturated heterocycles. The zero-order valence-electron chi connectivity index (χ0n) is 9.86. The van der Waals surface area contributed by atoms with E-state index in [-0.39, 0.29) is 5.82 Å². The Morgan fingerprint density at radius 1 is 1.25 bits per heavy atom. The van der Waals surface area contributed by atoms with Crippen molar-refractivity contribution >= 4 is 5.95 Å². The molecule has 0 bridgehead atoms. The topological polar surface area (TPSA) is 29.0 Å². The summed E-state index contributed by atoms with van der Waals surface area (Å²) in [5.41, 5.74) is 0. The fourth-order valence-electron chi connectivity index (χ4n) is 2.23. The van der Waals surface area contributed by atoms with E-state index in [1.54, 1.807) is 0 Å². The predicted octanol–water partition coefficient (Wildman–Crippen LogP) is 2.49. The van der Waals surface area contributed by atoms with Crippen LogP contribution in [0.3, 0.4) is 0 Å². The van der Waals surface area contributed by atoms with Crippen molar-refractivity contribution < 1.29 is 4.39 Å². The lowest BCUT2D eigenvalue weighted by Gasteiger charge is -2.33. The summed E-state index contributed by atoms with van der Waals surface area (Å²) in [7, 11) is 0. The summed E-state index contributed by atoms with van der Waals surface area (Å²) in [6.45, 7) is 6.51. The average molecular weight is 223 g/mol. The summed E-state index contributed by atoms with van der Waals surface area (Å²) in [6, 6.07) is 0. The Morgan fingerprint density at radius 3 is 2.31 bits per heavy atom. The van der Waals surface area contributed by atoms with Crippen LogP contribution in [0, 0.1) is 17.7 Å². The number of hydrogen-bond acceptors (Lipinski definition) is 3. The molecule has 16 heavy (non-hydrogen) atoms. The molecule has 2 heterocycles. The van der Waals surface area contributed by atoms with Crippen LogP contribution < -0.4 is 4.90 Å². The highest BCUT2D eigenvalue weighted by Gasteiger charge is 2.22. The quantitative estimate of drug-likeness (QED) is 0.771. The lowest BCUT2D eigenvalue weighted by atomic mass is 9.87. The molecule has 0 unspecified atom stereocenters. The Hall–Kier alpha value is -1.19. The second-order valence-corrected chi connectivity index (χ2v) is 4.77. The third-order valence-electron chi connectivity index (χ3n) is 3.37. The van der Waals surface area contributed by atoms with E-state index in [0.717, 1.165) is 24.9 Å². The molecule has 1 aromatic rings. The molecule has 1 aliphatic rings. The normalized spacial score (nSPS) is 18.1.